The third-order valence-corrected chi connectivity index (χ3v) is 5.45. The molecule has 0 radical (unpaired) electrons. The second-order valence-corrected chi connectivity index (χ2v) is 7.89. The highest BCUT2D eigenvalue weighted by Crippen LogP contribution is 2.30. The molecule has 0 aliphatic heterocycles. The van der Waals surface area contributed by atoms with Gasteiger partial charge in [-0.3, -0.25) is 4.79 Å². The van der Waals surface area contributed by atoms with E-state index in [9.17, 15) is 14.4 Å². The molecule has 3 aromatic rings. The van der Waals surface area contributed by atoms with Crippen LogP contribution in [0.3, 0.4) is 0 Å². The first-order chi connectivity index (χ1) is 15.9. The van der Waals surface area contributed by atoms with Crippen LogP contribution in [0.2, 0.25) is 0 Å². The fourth-order valence-electron chi connectivity index (χ4n) is 2.98. The molecule has 9 nitrogen and oxygen atoms in total. The highest BCUT2D eigenvalue weighted by Gasteiger charge is 2.31. The minimum Gasteiger partial charge on any atom is -0.497 e. The van der Waals surface area contributed by atoms with Crippen molar-refractivity contribution in [2.45, 2.75) is 26.3 Å². The summed E-state index contributed by atoms with van der Waals surface area (Å²) in [5, 5.41) is 6.37. The highest BCUT2D eigenvalue weighted by molar-refractivity contribution is 7.22. The Labute approximate surface area is 195 Å². The van der Waals surface area contributed by atoms with Crippen molar-refractivity contribution >= 4 is 50.2 Å². The highest BCUT2D eigenvalue weighted by atomic mass is 32.1. The summed E-state index contributed by atoms with van der Waals surface area (Å²) >= 11 is 1.50. The molecule has 0 fully saturated rings. The van der Waals surface area contributed by atoms with Crippen LogP contribution in [0.15, 0.2) is 42.5 Å². The predicted molar refractivity (Wildman–Crippen MR) is 125 cm³/mol. The average molecular weight is 472 g/mol. The molecular weight excluding hydrogens is 446 g/mol. The first kappa shape index (κ1) is 24.0. The molecule has 0 unspecified atom stereocenters. The van der Waals surface area contributed by atoms with E-state index >= 15 is 0 Å². The Kier molecular flexibility index (Phi) is 8.20. The fraction of sp³-hybridized carbons (Fsp3) is 0.304. The van der Waals surface area contributed by atoms with E-state index in [0.717, 1.165) is 26.8 Å². The fourth-order valence-corrected chi connectivity index (χ4v) is 3.89. The molecule has 0 spiro atoms. The van der Waals surface area contributed by atoms with Crippen molar-refractivity contribution < 1.29 is 28.6 Å². The van der Waals surface area contributed by atoms with Gasteiger partial charge in [0, 0.05) is 5.69 Å². The number of rotatable bonds is 10. The summed E-state index contributed by atoms with van der Waals surface area (Å²) in [4.78, 5) is 41.0. The Bertz CT molecular complexity index is 1110. The number of hydrogen-bond acceptors (Lipinski definition) is 9. The van der Waals surface area contributed by atoms with Gasteiger partial charge in [-0.2, -0.15) is 0 Å². The van der Waals surface area contributed by atoms with Crippen LogP contribution in [-0.4, -0.2) is 49.2 Å². The van der Waals surface area contributed by atoms with Crippen LogP contribution in [-0.2, 0) is 30.3 Å². The molecule has 33 heavy (non-hydrogen) atoms. The number of fused-ring (bicyclic) bond motifs is 1. The Hall–Kier alpha value is -3.66. The van der Waals surface area contributed by atoms with E-state index in [1.54, 1.807) is 33.1 Å². The van der Waals surface area contributed by atoms with Crippen LogP contribution in [0, 0.1) is 0 Å². The zero-order valence-electron chi connectivity index (χ0n) is 18.5. The van der Waals surface area contributed by atoms with Crippen LogP contribution >= 0.6 is 11.3 Å². The van der Waals surface area contributed by atoms with Crippen molar-refractivity contribution in [2.75, 3.05) is 25.6 Å². The van der Waals surface area contributed by atoms with Crippen molar-refractivity contribution in [3.05, 3.63) is 48.0 Å². The number of carbonyl (C=O) groups excluding carboxylic acids is 3. The molecule has 2 aromatic carbocycles. The first-order valence-corrected chi connectivity index (χ1v) is 11.2. The number of thiazole rings is 1. The van der Waals surface area contributed by atoms with Gasteiger partial charge in [0.1, 0.15) is 5.75 Å². The summed E-state index contributed by atoms with van der Waals surface area (Å²) in [6.45, 7) is 3.40. The third-order valence-electron chi connectivity index (χ3n) is 4.52. The summed E-state index contributed by atoms with van der Waals surface area (Å²) < 4.78 is 16.0. The number of hydrogen-bond donors (Lipinski definition) is 2. The molecule has 0 aliphatic carbocycles. The summed E-state index contributed by atoms with van der Waals surface area (Å²) in [6, 6.07) is 11.4. The van der Waals surface area contributed by atoms with Gasteiger partial charge in [0.05, 0.1) is 37.0 Å². The summed E-state index contributed by atoms with van der Waals surface area (Å²) in [5.41, 5.74) is 2.38. The lowest BCUT2D eigenvalue weighted by molar-refractivity contribution is -0.159. The number of carbonyl (C=O) groups is 3. The maximum atomic E-state index is 12.4. The SMILES string of the molecule is CCOC(=O)C(NC(=O)Cc1ccc(Nc2nc3ccc(OC)cc3s2)cc1)C(=O)OCC. The van der Waals surface area contributed by atoms with Crippen molar-refractivity contribution in [1.82, 2.24) is 10.3 Å². The van der Waals surface area contributed by atoms with E-state index in [0.29, 0.717) is 5.56 Å². The van der Waals surface area contributed by atoms with E-state index in [4.69, 9.17) is 14.2 Å². The lowest BCUT2D eigenvalue weighted by atomic mass is 10.1. The standard InChI is InChI=1S/C23H25N3O6S/c1-4-31-21(28)20(22(29)32-5-2)26-19(27)12-14-6-8-15(9-7-14)24-23-25-17-11-10-16(30-3)13-18(17)33-23/h6-11,13,20H,4-5,12H2,1-3H3,(H,24,25)(H,26,27). The molecule has 1 aromatic heterocycles. The quantitative estimate of drug-likeness (QED) is 0.342. The second-order valence-electron chi connectivity index (χ2n) is 6.86. The molecule has 1 heterocycles. The number of aromatic nitrogens is 1. The normalized spacial score (nSPS) is 10.7. The number of nitrogens with one attached hydrogen (secondary N) is 2. The Morgan fingerprint density at radius 1 is 1.00 bits per heavy atom. The van der Waals surface area contributed by atoms with E-state index in [-0.39, 0.29) is 19.6 Å². The second kappa shape index (κ2) is 11.3. The third kappa shape index (κ3) is 6.42. The Morgan fingerprint density at radius 3 is 2.27 bits per heavy atom. The van der Waals surface area contributed by atoms with Gasteiger partial charge in [0.25, 0.3) is 0 Å². The lowest BCUT2D eigenvalue weighted by Crippen LogP contribution is -2.48. The number of esters is 2. The van der Waals surface area contributed by atoms with Crippen LogP contribution in [0.1, 0.15) is 19.4 Å². The molecule has 0 aliphatic rings. The van der Waals surface area contributed by atoms with Gasteiger partial charge in [-0.15, -0.1) is 0 Å². The van der Waals surface area contributed by atoms with Crippen LogP contribution in [0.25, 0.3) is 10.2 Å². The van der Waals surface area contributed by atoms with E-state index in [1.807, 2.05) is 30.3 Å². The predicted octanol–water partition coefficient (Wildman–Crippen LogP) is 3.20. The zero-order valence-corrected chi connectivity index (χ0v) is 19.4. The lowest BCUT2D eigenvalue weighted by Gasteiger charge is -2.16. The first-order valence-electron chi connectivity index (χ1n) is 10.4. The van der Waals surface area contributed by atoms with Gasteiger partial charge in [0.15, 0.2) is 5.13 Å². The number of ether oxygens (including phenoxy) is 3. The largest absolute Gasteiger partial charge is 0.497 e. The average Bonchev–Trinajstić information content (AvgIpc) is 3.20. The van der Waals surface area contributed by atoms with E-state index in [1.165, 1.54) is 11.3 Å². The van der Waals surface area contributed by atoms with Crippen LogP contribution in [0.4, 0.5) is 10.8 Å². The van der Waals surface area contributed by atoms with Gasteiger partial charge in [-0.1, -0.05) is 23.5 Å². The van der Waals surface area contributed by atoms with E-state index < -0.39 is 23.9 Å². The number of benzene rings is 2. The summed E-state index contributed by atoms with van der Waals surface area (Å²) in [6.07, 6.45) is -0.0173. The number of anilines is 2. The Balaban J connectivity index is 1.61. The van der Waals surface area contributed by atoms with Crippen molar-refractivity contribution in [2.24, 2.45) is 0 Å². The monoisotopic (exact) mass is 471 g/mol. The van der Waals surface area contributed by atoms with Crippen LogP contribution < -0.4 is 15.4 Å². The molecule has 0 saturated heterocycles. The van der Waals surface area contributed by atoms with Crippen molar-refractivity contribution in [3.63, 3.8) is 0 Å². The molecule has 2 N–H and O–H groups in total. The van der Waals surface area contributed by atoms with E-state index in [2.05, 4.69) is 15.6 Å². The molecule has 174 valence electrons. The van der Waals surface area contributed by atoms with Gasteiger partial charge in [-0.25, -0.2) is 14.6 Å². The number of amides is 1. The topological polar surface area (TPSA) is 116 Å². The number of methoxy groups -OCH3 is 1. The molecule has 0 bridgehead atoms. The molecule has 0 atom stereocenters. The summed E-state index contributed by atoms with van der Waals surface area (Å²) in [5.74, 6) is -1.43. The maximum absolute atomic E-state index is 12.4. The van der Waals surface area contributed by atoms with Crippen molar-refractivity contribution in [3.8, 4) is 5.75 Å². The number of nitrogens with zero attached hydrogens (tertiary/aromatic N) is 1. The minimum absolute atomic E-state index is 0.0173. The minimum atomic E-state index is -1.49. The van der Waals surface area contributed by atoms with Crippen LogP contribution in [0.5, 0.6) is 5.75 Å². The Morgan fingerprint density at radius 2 is 1.67 bits per heavy atom. The molecule has 10 heteroatoms. The van der Waals surface area contributed by atoms with Crippen molar-refractivity contribution in [1.29, 1.82) is 0 Å². The molecule has 1 amide bonds. The molecule has 3 rings (SSSR count). The molecule has 0 saturated carbocycles. The van der Waals surface area contributed by atoms with Gasteiger partial charge in [0.2, 0.25) is 11.9 Å². The van der Waals surface area contributed by atoms with Gasteiger partial charge >= 0.3 is 11.9 Å². The van der Waals surface area contributed by atoms with Gasteiger partial charge < -0.3 is 24.8 Å². The smallest absolute Gasteiger partial charge is 0.340 e. The zero-order chi connectivity index (χ0) is 23.8. The maximum Gasteiger partial charge on any atom is 0.340 e. The molecular formula is C23H25N3O6S. The van der Waals surface area contributed by atoms with Gasteiger partial charge in [-0.05, 0) is 49.7 Å². The summed E-state index contributed by atoms with van der Waals surface area (Å²) in [7, 11) is 1.62.